The van der Waals surface area contributed by atoms with Gasteiger partial charge in [0, 0.05) is 12.6 Å². The highest BCUT2D eigenvalue weighted by molar-refractivity contribution is 9.10. The molecule has 1 unspecified atom stereocenters. The van der Waals surface area contributed by atoms with Crippen LogP contribution in [0.4, 0.5) is 5.69 Å². The van der Waals surface area contributed by atoms with Crippen LogP contribution in [0.5, 0.6) is 5.75 Å². The Bertz CT molecular complexity index is 419. The Labute approximate surface area is 107 Å². The fourth-order valence-electron chi connectivity index (χ4n) is 1.83. The molecule has 1 fully saturated rings. The van der Waals surface area contributed by atoms with Crippen molar-refractivity contribution in [3.63, 3.8) is 0 Å². The van der Waals surface area contributed by atoms with Gasteiger partial charge in [0.15, 0.2) is 0 Å². The van der Waals surface area contributed by atoms with Crippen LogP contribution >= 0.6 is 15.9 Å². The Morgan fingerprint density at radius 1 is 1.53 bits per heavy atom. The minimum absolute atomic E-state index is 0.0336. The number of benzene rings is 1. The maximum Gasteiger partial charge on any atom is 0.287 e. The summed E-state index contributed by atoms with van der Waals surface area (Å²) in [5, 5.41) is 14.0. The first-order chi connectivity index (χ1) is 8.18. The molecule has 0 radical (unpaired) electrons. The molecular weight excluding hydrogens is 288 g/mol. The van der Waals surface area contributed by atoms with Crippen LogP contribution in [0.3, 0.4) is 0 Å². The van der Waals surface area contributed by atoms with Crippen LogP contribution in [-0.4, -0.2) is 24.1 Å². The number of nitrogens with one attached hydrogen (secondary N) is 1. The molecule has 1 aliphatic rings. The van der Waals surface area contributed by atoms with E-state index in [1.54, 1.807) is 12.1 Å². The van der Waals surface area contributed by atoms with Gasteiger partial charge in [-0.05, 0) is 41.4 Å². The average Bonchev–Trinajstić information content (AvgIpc) is 2.33. The number of hydrogen-bond donors (Lipinski definition) is 1. The molecule has 0 amide bonds. The van der Waals surface area contributed by atoms with E-state index in [0.29, 0.717) is 10.2 Å². The SMILES string of the molecule is O=[N+]([O-])c1cccc(OC2CCCNC2)c1Br. The van der Waals surface area contributed by atoms with Gasteiger partial charge >= 0.3 is 0 Å². The van der Waals surface area contributed by atoms with E-state index in [4.69, 9.17) is 4.74 Å². The van der Waals surface area contributed by atoms with E-state index < -0.39 is 4.92 Å². The molecule has 1 aliphatic heterocycles. The lowest BCUT2D eigenvalue weighted by Gasteiger charge is -2.24. The van der Waals surface area contributed by atoms with E-state index in [2.05, 4.69) is 21.2 Å². The minimum Gasteiger partial charge on any atom is -0.488 e. The molecule has 1 atom stereocenters. The van der Waals surface area contributed by atoms with Gasteiger partial charge in [-0.25, -0.2) is 0 Å². The third-order valence-electron chi connectivity index (χ3n) is 2.68. The molecule has 1 heterocycles. The van der Waals surface area contributed by atoms with Crippen LogP contribution in [0.15, 0.2) is 22.7 Å². The highest BCUT2D eigenvalue weighted by atomic mass is 79.9. The second-order valence-corrected chi connectivity index (χ2v) is 4.73. The molecule has 1 aromatic rings. The number of piperidine rings is 1. The molecule has 1 N–H and O–H groups in total. The predicted molar refractivity (Wildman–Crippen MR) is 67.3 cm³/mol. The summed E-state index contributed by atoms with van der Waals surface area (Å²) in [5.74, 6) is 0.535. The lowest BCUT2D eigenvalue weighted by molar-refractivity contribution is -0.385. The quantitative estimate of drug-likeness (QED) is 0.688. The zero-order chi connectivity index (χ0) is 12.3. The molecule has 2 rings (SSSR count). The Morgan fingerprint density at radius 3 is 3.00 bits per heavy atom. The summed E-state index contributed by atoms with van der Waals surface area (Å²) in [6, 6.07) is 4.83. The molecule has 0 saturated carbocycles. The third-order valence-corrected chi connectivity index (χ3v) is 3.48. The van der Waals surface area contributed by atoms with Crippen molar-refractivity contribution in [2.24, 2.45) is 0 Å². The van der Waals surface area contributed by atoms with Crippen LogP contribution in [0.1, 0.15) is 12.8 Å². The van der Waals surface area contributed by atoms with Gasteiger partial charge in [-0.3, -0.25) is 10.1 Å². The van der Waals surface area contributed by atoms with Crippen molar-refractivity contribution in [3.05, 3.63) is 32.8 Å². The van der Waals surface area contributed by atoms with Crippen molar-refractivity contribution in [1.82, 2.24) is 5.32 Å². The first-order valence-electron chi connectivity index (χ1n) is 5.49. The van der Waals surface area contributed by atoms with Crippen LogP contribution in [0.2, 0.25) is 0 Å². The van der Waals surface area contributed by atoms with Crippen LogP contribution in [-0.2, 0) is 0 Å². The molecule has 6 heteroatoms. The summed E-state index contributed by atoms with van der Waals surface area (Å²) in [6.45, 7) is 1.80. The number of rotatable bonds is 3. The van der Waals surface area contributed by atoms with E-state index in [1.165, 1.54) is 6.07 Å². The van der Waals surface area contributed by atoms with Crippen LogP contribution in [0.25, 0.3) is 0 Å². The second kappa shape index (κ2) is 5.46. The molecular formula is C11H13BrN2O3. The van der Waals surface area contributed by atoms with Crippen molar-refractivity contribution in [2.45, 2.75) is 18.9 Å². The lowest BCUT2D eigenvalue weighted by Crippen LogP contribution is -2.37. The van der Waals surface area contributed by atoms with E-state index in [9.17, 15) is 10.1 Å². The van der Waals surface area contributed by atoms with E-state index in [0.717, 1.165) is 25.9 Å². The number of nitro benzene ring substituents is 1. The summed E-state index contributed by atoms with van der Waals surface area (Å²) in [5.41, 5.74) is 0.0336. The Hall–Kier alpha value is -1.14. The standard InChI is InChI=1S/C11H13BrN2O3/c12-11-9(14(15)16)4-1-5-10(11)17-8-3-2-6-13-7-8/h1,4-5,8,13H,2-3,6-7H2. The maximum absolute atomic E-state index is 10.8. The molecule has 92 valence electrons. The number of nitro groups is 1. The van der Waals surface area contributed by atoms with Gasteiger partial charge in [0.1, 0.15) is 16.3 Å². The fraction of sp³-hybridized carbons (Fsp3) is 0.455. The third kappa shape index (κ3) is 2.95. The summed E-state index contributed by atoms with van der Waals surface area (Å²) in [7, 11) is 0. The van der Waals surface area contributed by atoms with Gasteiger partial charge < -0.3 is 10.1 Å². The lowest BCUT2D eigenvalue weighted by atomic mass is 10.1. The highest BCUT2D eigenvalue weighted by Crippen LogP contribution is 2.34. The normalized spacial score (nSPS) is 19.9. The van der Waals surface area contributed by atoms with Gasteiger partial charge in [-0.2, -0.15) is 0 Å². The fourth-order valence-corrected chi connectivity index (χ4v) is 2.33. The Kier molecular flexibility index (Phi) is 3.96. The zero-order valence-electron chi connectivity index (χ0n) is 9.19. The zero-order valence-corrected chi connectivity index (χ0v) is 10.8. The molecule has 0 spiro atoms. The number of nitrogens with zero attached hydrogens (tertiary/aromatic N) is 1. The summed E-state index contributed by atoms with van der Waals surface area (Å²) >= 11 is 3.22. The van der Waals surface area contributed by atoms with Gasteiger partial charge in [0.2, 0.25) is 0 Å². The smallest absolute Gasteiger partial charge is 0.287 e. The molecule has 5 nitrogen and oxygen atoms in total. The molecule has 0 aliphatic carbocycles. The number of hydrogen-bond acceptors (Lipinski definition) is 4. The van der Waals surface area contributed by atoms with Gasteiger partial charge in [0.05, 0.1) is 4.92 Å². The maximum atomic E-state index is 10.8. The highest BCUT2D eigenvalue weighted by Gasteiger charge is 2.20. The van der Waals surface area contributed by atoms with Crippen molar-refractivity contribution < 1.29 is 9.66 Å². The van der Waals surface area contributed by atoms with Crippen LogP contribution < -0.4 is 10.1 Å². The summed E-state index contributed by atoms with van der Waals surface area (Å²) < 4.78 is 6.18. The number of ether oxygens (including phenoxy) is 1. The first-order valence-corrected chi connectivity index (χ1v) is 6.28. The monoisotopic (exact) mass is 300 g/mol. The largest absolute Gasteiger partial charge is 0.488 e. The van der Waals surface area contributed by atoms with Crippen molar-refractivity contribution in [3.8, 4) is 5.75 Å². The van der Waals surface area contributed by atoms with Gasteiger partial charge in [-0.15, -0.1) is 0 Å². The molecule has 0 aromatic heterocycles. The Balaban J connectivity index is 2.15. The molecule has 1 aromatic carbocycles. The average molecular weight is 301 g/mol. The molecule has 17 heavy (non-hydrogen) atoms. The minimum atomic E-state index is -0.421. The molecule has 0 bridgehead atoms. The second-order valence-electron chi connectivity index (χ2n) is 3.93. The van der Waals surface area contributed by atoms with Gasteiger partial charge in [-0.1, -0.05) is 6.07 Å². The topological polar surface area (TPSA) is 64.4 Å². The van der Waals surface area contributed by atoms with E-state index in [-0.39, 0.29) is 11.8 Å². The Morgan fingerprint density at radius 2 is 2.35 bits per heavy atom. The van der Waals surface area contributed by atoms with E-state index in [1.807, 2.05) is 0 Å². The van der Waals surface area contributed by atoms with Crippen molar-refractivity contribution in [2.75, 3.05) is 13.1 Å². The van der Waals surface area contributed by atoms with Crippen LogP contribution in [0, 0.1) is 10.1 Å². The summed E-state index contributed by atoms with van der Waals surface area (Å²) in [4.78, 5) is 10.4. The summed E-state index contributed by atoms with van der Waals surface area (Å²) in [6.07, 6.45) is 2.13. The van der Waals surface area contributed by atoms with Gasteiger partial charge in [0.25, 0.3) is 5.69 Å². The predicted octanol–water partition coefficient (Wildman–Crippen LogP) is 2.49. The van der Waals surface area contributed by atoms with Crippen molar-refractivity contribution >= 4 is 21.6 Å². The first kappa shape index (κ1) is 12.3. The van der Waals surface area contributed by atoms with Crippen molar-refractivity contribution in [1.29, 1.82) is 0 Å². The number of halogens is 1. The molecule has 1 saturated heterocycles. The van der Waals surface area contributed by atoms with E-state index >= 15 is 0 Å².